The average Bonchev–Trinajstić information content (AvgIpc) is 3.61. The number of ether oxygens (including phenoxy) is 4. The minimum absolute atomic E-state index is 0.0494. The Morgan fingerprint density at radius 3 is 2.40 bits per heavy atom. The zero-order valence-electron chi connectivity index (χ0n) is 25.1. The number of benzene rings is 2. The summed E-state index contributed by atoms with van der Waals surface area (Å²) in [7, 11) is -4.45. The fourth-order valence-electron chi connectivity index (χ4n) is 6.07. The van der Waals surface area contributed by atoms with E-state index in [0.29, 0.717) is 31.7 Å². The Kier molecular flexibility index (Phi) is 9.45. The first kappa shape index (κ1) is 34.4. The summed E-state index contributed by atoms with van der Waals surface area (Å²) in [5.74, 6) is -4.71. The van der Waals surface area contributed by atoms with Gasteiger partial charge in [0.15, 0.2) is 11.6 Å². The number of carbonyl (C=O) groups excluding carboxylic acids is 2. The number of carboxylic acids is 1. The number of fused-ring (bicyclic) bond motifs is 1. The van der Waals surface area contributed by atoms with E-state index in [4.69, 9.17) is 18.9 Å². The third-order valence-corrected chi connectivity index (χ3v) is 10.4. The van der Waals surface area contributed by atoms with E-state index in [0.717, 1.165) is 24.3 Å². The minimum Gasteiger partial charge on any atom is -0.496 e. The normalized spacial score (nSPS) is 27.5. The van der Waals surface area contributed by atoms with Crippen LogP contribution in [-0.2, 0) is 28.9 Å². The third-order valence-electron chi connectivity index (χ3n) is 8.88. The van der Waals surface area contributed by atoms with Crippen LogP contribution in [0.3, 0.4) is 0 Å². The second kappa shape index (κ2) is 12.9. The molecular weight excluding hydrogens is 656 g/mol. The molecule has 3 fully saturated rings. The van der Waals surface area contributed by atoms with Crippen molar-refractivity contribution in [1.82, 2.24) is 5.32 Å². The maximum Gasteiger partial charge on any atom is 0.501 e. The van der Waals surface area contributed by atoms with Gasteiger partial charge in [0.25, 0.3) is 15.7 Å². The molecule has 47 heavy (non-hydrogen) atoms. The molecule has 2 aliphatic carbocycles. The molecule has 5 rings (SSSR count). The maximum atomic E-state index is 15.0. The van der Waals surface area contributed by atoms with Crippen molar-refractivity contribution in [2.75, 3.05) is 19.2 Å². The Labute approximate surface area is 266 Å². The Hall–Kier alpha value is -3.96. The van der Waals surface area contributed by atoms with Crippen LogP contribution in [0.5, 0.6) is 11.5 Å². The number of carboxylic acid groups (broad SMARTS) is 1. The maximum absolute atomic E-state index is 15.0. The highest BCUT2D eigenvalue weighted by molar-refractivity contribution is 7.92. The fraction of sp³-hybridized carbons (Fsp3) is 0.500. The topological polar surface area (TPSA) is 167 Å². The summed E-state index contributed by atoms with van der Waals surface area (Å²) in [5.41, 5.74) is -6.83. The van der Waals surface area contributed by atoms with Crippen molar-refractivity contribution >= 4 is 33.3 Å². The molecule has 2 aromatic carbocycles. The molecule has 0 radical (unpaired) electrons. The van der Waals surface area contributed by atoms with Crippen molar-refractivity contribution in [3.05, 3.63) is 47.8 Å². The lowest BCUT2D eigenvalue weighted by atomic mass is 9.75. The molecule has 256 valence electrons. The molecule has 3 N–H and O–H groups in total. The van der Waals surface area contributed by atoms with Crippen LogP contribution in [0.2, 0.25) is 0 Å². The molecule has 2 saturated carbocycles. The van der Waals surface area contributed by atoms with Crippen LogP contribution >= 0.6 is 0 Å². The average molecular weight is 689 g/mol. The number of rotatable bonds is 9. The Balaban J connectivity index is 1.34. The summed E-state index contributed by atoms with van der Waals surface area (Å²) < 4.78 is 100. The number of hydrogen-bond donors (Lipinski definition) is 3. The summed E-state index contributed by atoms with van der Waals surface area (Å²) >= 11 is 0. The number of sulfone groups is 1. The highest BCUT2D eigenvalue weighted by Gasteiger charge is 2.52. The number of amides is 2. The van der Waals surface area contributed by atoms with E-state index in [1.165, 1.54) is 13.2 Å². The van der Waals surface area contributed by atoms with Crippen molar-refractivity contribution in [3.63, 3.8) is 0 Å². The smallest absolute Gasteiger partial charge is 0.496 e. The molecule has 2 amide bonds. The second-order valence-corrected chi connectivity index (χ2v) is 13.9. The van der Waals surface area contributed by atoms with Crippen LogP contribution in [-0.4, -0.2) is 75.1 Å². The van der Waals surface area contributed by atoms with Crippen molar-refractivity contribution in [3.8, 4) is 11.5 Å². The van der Waals surface area contributed by atoms with Gasteiger partial charge in [-0.1, -0.05) is 6.07 Å². The number of anilines is 1. The van der Waals surface area contributed by atoms with Crippen LogP contribution < -0.4 is 20.1 Å². The largest absolute Gasteiger partial charge is 0.501 e. The number of aliphatic carboxylic acids is 1. The SMILES string of the molecule is COc1cc(F)c(OC2CCC(C)(C(=O)O)CC2)cc1C(=O)NC1C(C(=O)Nc2cccc(S(=O)(=O)C(F)(F)F)c2)CC2OCOC21. The number of hydrogen-bond acceptors (Lipinski definition) is 9. The van der Waals surface area contributed by atoms with E-state index in [2.05, 4.69) is 10.6 Å². The van der Waals surface area contributed by atoms with Gasteiger partial charge in [-0.05, 0) is 63.3 Å². The van der Waals surface area contributed by atoms with Crippen molar-refractivity contribution in [1.29, 1.82) is 0 Å². The van der Waals surface area contributed by atoms with Gasteiger partial charge < -0.3 is 34.7 Å². The number of alkyl halides is 3. The molecule has 1 saturated heterocycles. The quantitative estimate of drug-likeness (QED) is 0.328. The molecule has 1 aliphatic heterocycles. The third kappa shape index (κ3) is 6.87. The van der Waals surface area contributed by atoms with Crippen LogP contribution in [0.1, 0.15) is 49.4 Å². The van der Waals surface area contributed by atoms with Crippen LogP contribution in [0.25, 0.3) is 0 Å². The van der Waals surface area contributed by atoms with Gasteiger partial charge in [0.2, 0.25) is 5.91 Å². The zero-order chi connectivity index (χ0) is 34.3. The molecule has 3 aliphatic rings. The number of halogens is 4. The van der Waals surface area contributed by atoms with Crippen LogP contribution in [0, 0.1) is 17.2 Å². The molecule has 17 heteroatoms. The molecule has 0 bridgehead atoms. The molecule has 2 aromatic rings. The predicted molar refractivity (Wildman–Crippen MR) is 154 cm³/mol. The molecule has 0 spiro atoms. The summed E-state index contributed by atoms with van der Waals surface area (Å²) in [6.45, 7) is 1.52. The van der Waals surface area contributed by atoms with Gasteiger partial charge in [0.05, 0.1) is 47.2 Å². The lowest BCUT2D eigenvalue weighted by molar-refractivity contribution is -0.150. The van der Waals surface area contributed by atoms with Gasteiger partial charge >= 0.3 is 11.5 Å². The van der Waals surface area contributed by atoms with E-state index in [1.54, 1.807) is 6.92 Å². The zero-order valence-corrected chi connectivity index (χ0v) is 26.0. The summed E-state index contributed by atoms with van der Waals surface area (Å²) in [6.07, 6.45) is -0.538. The van der Waals surface area contributed by atoms with Gasteiger partial charge in [0.1, 0.15) is 18.6 Å². The molecule has 4 atom stereocenters. The molecular formula is C30H32F4N2O10S. The molecule has 1 heterocycles. The van der Waals surface area contributed by atoms with E-state index in [1.807, 2.05) is 0 Å². The Morgan fingerprint density at radius 1 is 1.06 bits per heavy atom. The lowest BCUT2D eigenvalue weighted by Crippen LogP contribution is -2.48. The summed E-state index contributed by atoms with van der Waals surface area (Å²) in [6, 6.07) is 4.77. The summed E-state index contributed by atoms with van der Waals surface area (Å²) in [5, 5.41) is 14.6. The van der Waals surface area contributed by atoms with Crippen LogP contribution in [0.15, 0.2) is 41.3 Å². The van der Waals surface area contributed by atoms with Crippen molar-refractivity contribution in [2.24, 2.45) is 11.3 Å². The Bertz CT molecular complexity index is 1660. The van der Waals surface area contributed by atoms with E-state index >= 15 is 4.39 Å². The number of methoxy groups -OCH3 is 1. The number of nitrogens with one attached hydrogen (secondary N) is 2. The van der Waals surface area contributed by atoms with Gasteiger partial charge in [-0.3, -0.25) is 14.4 Å². The highest BCUT2D eigenvalue weighted by atomic mass is 32.2. The number of carbonyl (C=O) groups is 3. The second-order valence-electron chi connectivity index (χ2n) is 11.9. The first-order valence-electron chi connectivity index (χ1n) is 14.6. The monoisotopic (exact) mass is 688 g/mol. The Morgan fingerprint density at radius 2 is 1.77 bits per heavy atom. The molecule has 4 unspecified atom stereocenters. The van der Waals surface area contributed by atoms with E-state index < -0.39 is 79.5 Å². The molecule has 0 aromatic heterocycles. The van der Waals surface area contributed by atoms with Gasteiger partial charge in [0, 0.05) is 11.8 Å². The first-order chi connectivity index (χ1) is 22.0. The lowest BCUT2D eigenvalue weighted by Gasteiger charge is -2.34. The van der Waals surface area contributed by atoms with Crippen molar-refractivity contribution in [2.45, 2.75) is 73.8 Å². The standard InChI is InChI=1S/C30H32F4N2O10S/c1-29(28(39)40)8-6-16(7-9-29)46-22-11-18(21(43-2)13-20(22)31)26(37)36-24-19(12-23-25(24)45-14-44-23)27(38)35-15-4-3-5-17(10-15)47(41,42)30(32,33)34/h3-5,10-11,13,16,19,23-25H,6-9,12,14H2,1-2H3,(H,35,38)(H,36,37)(H,39,40). The van der Waals surface area contributed by atoms with Gasteiger partial charge in [-0.2, -0.15) is 13.2 Å². The minimum atomic E-state index is -5.68. The van der Waals surface area contributed by atoms with Gasteiger partial charge in [-0.15, -0.1) is 0 Å². The van der Waals surface area contributed by atoms with Gasteiger partial charge in [-0.25, -0.2) is 12.8 Å². The highest BCUT2D eigenvalue weighted by Crippen LogP contribution is 2.40. The van der Waals surface area contributed by atoms with Crippen LogP contribution in [0.4, 0.5) is 23.2 Å². The molecule has 12 nitrogen and oxygen atoms in total. The van der Waals surface area contributed by atoms with E-state index in [9.17, 15) is 41.1 Å². The predicted octanol–water partition coefficient (Wildman–Crippen LogP) is 4.04. The first-order valence-corrected chi connectivity index (χ1v) is 16.1. The van der Waals surface area contributed by atoms with E-state index in [-0.39, 0.29) is 36.0 Å². The van der Waals surface area contributed by atoms with Crippen molar-refractivity contribution < 1.29 is 64.4 Å². The fourth-order valence-corrected chi connectivity index (χ4v) is 6.88. The summed E-state index contributed by atoms with van der Waals surface area (Å²) in [4.78, 5) is 37.5.